The smallest absolute Gasteiger partial charge is 0.267 e. The molecule has 2 aromatic rings. The van der Waals surface area contributed by atoms with Gasteiger partial charge >= 0.3 is 0 Å². The van der Waals surface area contributed by atoms with Gasteiger partial charge in [-0.1, -0.05) is 26.0 Å². The highest BCUT2D eigenvalue weighted by molar-refractivity contribution is 5.91. The second kappa shape index (κ2) is 9.89. The monoisotopic (exact) mass is 356 g/mol. The fourth-order valence-electron chi connectivity index (χ4n) is 2.96. The van der Waals surface area contributed by atoms with Gasteiger partial charge in [0.05, 0.1) is 11.0 Å². The van der Waals surface area contributed by atoms with Crippen LogP contribution in [-0.2, 0) is 17.8 Å². The zero-order valence-electron chi connectivity index (χ0n) is 15.6. The Kier molecular flexibility index (Phi) is 7.56. The minimum Gasteiger partial charge on any atom is -0.327 e. The van der Waals surface area contributed by atoms with Crippen LogP contribution in [0, 0.1) is 0 Å². The predicted octanol–water partition coefficient (Wildman–Crippen LogP) is 3.02. The largest absolute Gasteiger partial charge is 0.327 e. The van der Waals surface area contributed by atoms with Gasteiger partial charge in [-0.3, -0.25) is 10.0 Å². The zero-order valence-corrected chi connectivity index (χ0v) is 15.6. The van der Waals surface area contributed by atoms with Crippen LogP contribution >= 0.6 is 0 Å². The van der Waals surface area contributed by atoms with Crippen LogP contribution in [0.5, 0.6) is 0 Å². The molecule has 0 aliphatic carbocycles. The molecule has 1 heterocycles. The Labute approximate surface area is 154 Å². The Morgan fingerprint density at radius 3 is 2.81 bits per heavy atom. The topological polar surface area (TPSA) is 70.4 Å². The highest BCUT2D eigenvalue weighted by Gasteiger charge is 2.11. The highest BCUT2D eigenvalue weighted by Crippen LogP contribution is 2.20. The average molecular weight is 356 g/mol. The van der Waals surface area contributed by atoms with Crippen LogP contribution in [0.3, 0.4) is 0 Å². The van der Waals surface area contributed by atoms with E-state index < -0.39 is 5.91 Å². The van der Waals surface area contributed by atoms with E-state index in [1.54, 1.807) is 11.6 Å². The number of nitrogens with zero attached hydrogens (tertiary/aromatic N) is 3. The van der Waals surface area contributed by atoms with Gasteiger partial charge in [-0.25, -0.2) is 10.5 Å². The third-order valence-electron chi connectivity index (χ3n) is 4.50. The van der Waals surface area contributed by atoms with Gasteiger partial charge in [0.25, 0.3) is 5.91 Å². The number of hydrogen-bond acceptors (Lipinski definition) is 4. The molecule has 1 aromatic carbocycles. The molecule has 0 fully saturated rings. The standard InChI is InChI=1S/C20H28N4O2/c1-4-7-8-19-21-17-15-16(10-12-20(25)22-26)9-11-18(17)24(19)14-13-23(5-2)6-3/h4,9-12,15,26H,1,5-8,13-14H2,2-3H3,(H,22,25). The number of fused-ring (bicyclic) bond motifs is 1. The van der Waals surface area contributed by atoms with Crippen LogP contribution in [0.2, 0.25) is 0 Å². The minimum absolute atomic E-state index is 0.554. The predicted molar refractivity (Wildman–Crippen MR) is 105 cm³/mol. The summed E-state index contributed by atoms with van der Waals surface area (Å²) in [7, 11) is 0. The molecule has 2 rings (SSSR count). The van der Waals surface area contributed by atoms with E-state index in [-0.39, 0.29) is 0 Å². The summed E-state index contributed by atoms with van der Waals surface area (Å²) in [6.07, 6.45) is 6.60. The number of carbonyl (C=O) groups excluding carboxylic acids is 1. The van der Waals surface area contributed by atoms with Crippen molar-refractivity contribution in [3.05, 3.63) is 48.3 Å². The summed E-state index contributed by atoms with van der Waals surface area (Å²) in [5, 5.41) is 8.57. The molecule has 0 atom stereocenters. The lowest BCUT2D eigenvalue weighted by molar-refractivity contribution is -0.124. The molecular formula is C20H28N4O2. The van der Waals surface area contributed by atoms with E-state index in [4.69, 9.17) is 10.2 Å². The van der Waals surface area contributed by atoms with Gasteiger partial charge in [-0.05, 0) is 43.3 Å². The summed E-state index contributed by atoms with van der Waals surface area (Å²) >= 11 is 0. The van der Waals surface area contributed by atoms with Gasteiger partial charge in [0, 0.05) is 25.6 Å². The molecule has 0 radical (unpaired) electrons. The van der Waals surface area contributed by atoms with Crippen LogP contribution in [0.15, 0.2) is 36.9 Å². The molecular weight excluding hydrogens is 328 g/mol. The lowest BCUT2D eigenvalue weighted by Crippen LogP contribution is -2.27. The fourth-order valence-corrected chi connectivity index (χ4v) is 2.96. The molecule has 0 saturated carbocycles. The van der Waals surface area contributed by atoms with Gasteiger partial charge in [-0.15, -0.1) is 6.58 Å². The lowest BCUT2D eigenvalue weighted by atomic mass is 10.2. The Hall–Kier alpha value is -2.44. The first kappa shape index (κ1) is 19.9. The quantitative estimate of drug-likeness (QED) is 0.297. The second-order valence-corrected chi connectivity index (χ2v) is 6.09. The van der Waals surface area contributed by atoms with E-state index in [9.17, 15) is 4.79 Å². The molecule has 0 spiro atoms. The Bertz CT molecular complexity index is 775. The molecule has 6 heteroatoms. The van der Waals surface area contributed by atoms with E-state index in [0.29, 0.717) is 0 Å². The average Bonchev–Trinajstić information content (AvgIpc) is 3.01. The first-order chi connectivity index (χ1) is 12.6. The van der Waals surface area contributed by atoms with Gasteiger partial charge in [0.15, 0.2) is 0 Å². The maximum absolute atomic E-state index is 11.1. The molecule has 0 aliphatic rings. The van der Waals surface area contributed by atoms with E-state index in [1.165, 1.54) is 6.08 Å². The van der Waals surface area contributed by atoms with Crippen molar-refractivity contribution in [2.24, 2.45) is 0 Å². The molecule has 26 heavy (non-hydrogen) atoms. The molecule has 2 N–H and O–H groups in total. The van der Waals surface area contributed by atoms with E-state index >= 15 is 0 Å². The second-order valence-electron chi connectivity index (χ2n) is 6.09. The number of benzene rings is 1. The zero-order chi connectivity index (χ0) is 18.9. The maximum Gasteiger partial charge on any atom is 0.267 e. The van der Waals surface area contributed by atoms with Crippen LogP contribution in [0.1, 0.15) is 31.7 Å². The van der Waals surface area contributed by atoms with Crippen LogP contribution in [0.4, 0.5) is 0 Å². The number of amides is 1. The first-order valence-corrected chi connectivity index (χ1v) is 9.07. The number of hydroxylamine groups is 1. The summed E-state index contributed by atoms with van der Waals surface area (Å²) in [6, 6.07) is 5.96. The summed E-state index contributed by atoms with van der Waals surface area (Å²) < 4.78 is 2.28. The number of likely N-dealkylation sites (N-methyl/N-ethyl adjacent to an activating group) is 1. The van der Waals surface area contributed by atoms with Gasteiger partial charge in [0.2, 0.25) is 0 Å². The number of aromatic nitrogens is 2. The fraction of sp³-hybridized carbons (Fsp3) is 0.400. The highest BCUT2D eigenvalue weighted by atomic mass is 16.5. The van der Waals surface area contributed by atoms with Crippen LogP contribution in [0.25, 0.3) is 17.1 Å². The Balaban J connectivity index is 2.32. The number of aryl methyl sites for hydroxylation is 1. The SMILES string of the molecule is C=CCCc1nc2cc(C=CC(=O)NO)ccc2n1CCN(CC)CC. The number of carbonyl (C=O) groups is 1. The minimum atomic E-state index is -0.554. The molecule has 0 saturated heterocycles. The van der Waals surface area contributed by atoms with E-state index in [1.807, 2.05) is 24.3 Å². The molecule has 1 aromatic heterocycles. The third-order valence-corrected chi connectivity index (χ3v) is 4.50. The van der Waals surface area contributed by atoms with E-state index in [0.717, 1.165) is 61.4 Å². The van der Waals surface area contributed by atoms with Crippen molar-refractivity contribution in [1.29, 1.82) is 0 Å². The molecule has 6 nitrogen and oxygen atoms in total. The summed E-state index contributed by atoms with van der Waals surface area (Å²) in [5.41, 5.74) is 4.46. The van der Waals surface area contributed by atoms with Crippen molar-refractivity contribution in [2.75, 3.05) is 19.6 Å². The number of rotatable bonds is 10. The number of nitrogens with one attached hydrogen (secondary N) is 1. The number of hydrogen-bond donors (Lipinski definition) is 2. The van der Waals surface area contributed by atoms with Crippen LogP contribution in [-0.4, -0.2) is 45.2 Å². The Morgan fingerprint density at radius 1 is 1.38 bits per heavy atom. The van der Waals surface area contributed by atoms with Gasteiger partial charge in [0.1, 0.15) is 5.82 Å². The lowest BCUT2D eigenvalue weighted by Gasteiger charge is -2.19. The van der Waals surface area contributed by atoms with Crippen molar-refractivity contribution in [3.8, 4) is 0 Å². The van der Waals surface area contributed by atoms with E-state index in [2.05, 4.69) is 29.9 Å². The van der Waals surface area contributed by atoms with Crippen molar-refractivity contribution in [1.82, 2.24) is 19.9 Å². The Morgan fingerprint density at radius 2 is 2.15 bits per heavy atom. The van der Waals surface area contributed by atoms with Gasteiger partial charge in [-0.2, -0.15) is 0 Å². The normalized spacial score (nSPS) is 11.5. The van der Waals surface area contributed by atoms with Gasteiger partial charge < -0.3 is 9.47 Å². The molecule has 140 valence electrons. The summed E-state index contributed by atoms with van der Waals surface area (Å²) in [5.74, 6) is 0.503. The summed E-state index contributed by atoms with van der Waals surface area (Å²) in [6.45, 7) is 12.1. The number of allylic oxidation sites excluding steroid dienone is 1. The third kappa shape index (κ3) is 5.03. The first-order valence-electron chi connectivity index (χ1n) is 9.07. The maximum atomic E-state index is 11.1. The molecule has 1 amide bonds. The van der Waals surface area contributed by atoms with Crippen molar-refractivity contribution in [2.45, 2.75) is 33.2 Å². The molecule has 0 unspecified atom stereocenters. The molecule has 0 aliphatic heterocycles. The van der Waals surface area contributed by atoms with Crippen molar-refractivity contribution < 1.29 is 10.0 Å². The van der Waals surface area contributed by atoms with Crippen molar-refractivity contribution >= 4 is 23.0 Å². The summed E-state index contributed by atoms with van der Waals surface area (Å²) in [4.78, 5) is 18.3. The van der Waals surface area contributed by atoms with Crippen LogP contribution < -0.4 is 5.48 Å². The number of imidazole rings is 1. The van der Waals surface area contributed by atoms with Crippen molar-refractivity contribution in [3.63, 3.8) is 0 Å². The molecule has 0 bridgehead atoms.